The molecule has 0 bridgehead atoms. The Morgan fingerprint density at radius 2 is 1.00 bits per heavy atom. The van der Waals surface area contributed by atoms with Crippen LogP contribution in [0, 0.1) is 40.9 Å². The lowest BCUT2D eigenvalue weighted by Crippen LogP contribution is -2.43. The quantitative estimate of drug-likeness (QED) is 0.513. The average Bonchev–Trinajstić information content (AvgIpc) is 3.23. The van der Waals surface area contributed by atoms with Gasteiger partial charge in [0.15, 0.2) is 0 Å². The smallest absolute Gasteiger partial charge is 0.0241 e. The Kier molecular flexibility index (Phi) is 4.81. The van der Waals surface area contributed by atoms with Crippen LogP contribution in [0.5, 0.6) is 0 Å². The van der Waals surface area contributed by atoms with Crippen LogP contribution in [0.4, 0.5) is 0 Å². The van der Waals surface area contributed by atoms with Gasteiger partial charge in [-0.1, -0.05) is 52.4 Å². The summed E-state index contributed by atoms with van der Waals surface area (Å²) in [4.78, 5) is 0. The molecule has 0 radical (unpaired) electrons. The molecule has 5 unspecified atom stereocenters. The second-order valence-corrected chi connectivity index (χ2v) is 9.72. The van der Waals surface area contributed by atoms with Gasteiger partial charge in [0.25, 0.3) is 0 Å². The van der Waals surface area contributed by atoms with Crippen LogP contribution in [0.1, 0.15) is 104 Å². The summed E-state index contributed by atoms with van der Waals surface area (Å²) in [6, 6.07) is 0. The van der Waals surface area contributed by atoms with Crippen LogP contribution >= 0.6 is 0 Å². The van der Waals surface area contributed by atoms with Crippen LogP contribution in [0.15, 0.2) is 0 Å². The molecule has 0 heteroatoms. The summed E-state index contributed by atoms with van der Waals surface area (Å²) in [6.45, 7) is 5.13. The van der Waals surface area contributed by atoms with E-state index in [9.17, 15) is 0 Å². The van der Waals surface area contributed by atoms with E-state index in [1.165, 1.54) is 38.5 Å². The van der Waals surface area contributed by atoms with Gasteiger partial charge in [0.05, 0.1) is 0 Å². The van der Waals surface area contributed by atoms with E-state index in [2.05, 4.69) is 13.8 Å². The van der Waals surface area contributed by atoms with Crippen molar-refractivity contribution >= 4 is 0 Å². The number of hydrogen-bond donors (Lipinski definition) is 0. The first kappa shape index (κ1) is 16.5. The van der Waals surface area contributed by atoms with Crippen molar-refractivity contribution in [3.05, 3.63) is 0 Å². The van der Waals surface area contributed by atoms with Gasteiger partial charge in [-0.25, -0.2) is 0 Å². The molecular weight excluding hydrogens is 276 g/mol. The molecule has 6 atom stereocenters. The van der Waals surface area contributed by atoms with Crippen molar-refractivity contribution in [1.29, 1.82) is 0 Å². The lowest BCUT2D eigenvalue weighted by atomic mass is 9.55. The Morgan fingerprint density at radius 1 is 0.565 bits per heavy atom. The zero-order valence-corrected chi connectivity index (χ0v) is 15.9. The monoisotopic (exact) mass is 316 g/mol. The molecule has 4 aliphatic rings. The van der Waals surface area contributed by atoms with Gasteiger partial charge < -0.3 is 0 Å². The van der Waals surface area contributed by atoms with Gasteiger partial charge in [-0.05, 0) is 92.3 Å². The topological polar surface area (TPSA) is 0 Å². The first-order valence-electron chi connectivity index (χ1n) is 11.3. The summed E-state index contributed by atoms with van der Waals surface area (Å²) < 4.78 is 0. The van der Waals surface area contributed by atoms with Crippen molar-refractivity contribution in [3.8, 4) is 0 Å². The molecule has 0 aromatic rings. The molecule has 132 valence electrons. The Labute approximate surface area is 145 Å². The summed E-state index contributed by atoms with van der Waals surface area (Å²) in [5.41, 5.74) is 0.716. The highest BCUT2D eigenvalue weighted by Crippen LogP contribution is 2.63. The van der Waals surface area contributed by atoms with Gasteiger partial charge in [-0.3, -0.25) is 0 Å². The molecule has 0 heterocycles. The molecule has 0 saturated heterocycles. The zero-order valence-electron chi connectivity index (χ0n) is 15.9. The molecule has 0 aliphatic heterocycles. The fraction of sp³-hybridized carbons (Fsp3) is 1.00. The van der Waals surface area contributed by atoms with E-state index < -0.39 is 0 Å². The van der Waals surface area contributed by atoms with E-state index in [4.69, 9.17) is 0 Å². The van der Waals surface area contributed by atoms with Gasteiger partial charge in [0.1, 0.15) is 0 Å². The van der Waals surface area contributed by atoms with Crippen LogP contribution in [0.2, 0.25) is 0 Å². The van der Waals surface area contributed by atoms with Crippen molar-refractivity contribution in [2.24, 2.45) is 40.9 Å². The lowest BCUT2D eigenvalue weighted by molar-refractivity contribution is -0.0118. The minimum atomic E-state index is 0.716. The summed E-state index contributed by atoms with van der Waals surface area (Å²) >= 11 is 0. The molecule has 0 nitrogen and oxygen atoms in total. The zero-order chi connectivity index (χ0) is 15.9. The standard InChI is InChI=1S/C23H40/c1-3-23(4-2,21-15-13-17-9-5-7-11-19(17)21)22-16-14-18-10-6-8-12-20(18)22/h17-22H,3-16H2,1-2H3/t17?,18?,19?,20?,21-,22?/m0/s1. The maximum Gasteiger partial charge on any atom is -0.0241 e. The maximum atomic E-state index is 2.57. The number of rotatable bonds is 4. The average molecular weight is 317 g/mol. The van der Waals surface area contributed by atoms with E-state index in [0.717, 1.165) is 35.5 Å². The third kappa shape index (κ3) is 2.62. The van der Waals surface area contributed by atoms with Crippen molar-refractivity contribution in [2.45, 2.75) is 104 Å². The molecular formula is C23H40. The van der Waals surface area contributed by atoms with E-state index in [1.807, 2.05) is 0 Å². The second-order valence-electron chi connectivity index (χ2n) is 9.72. The summed E-state index contributed by atoms with van der Waals surface area (Å²) in [7, 11) is 0. The predicted octanol–water partition coefficient (Wildman–Crippen LogP) is 7.23. The first-order valence-corrected chi connectivity index (χ1v) is 11.3. The molecule has 0 amide bonds. The molecule has 23 heavy (non-hydrogen) atoms. The van der Waals surface area contributed by atoms with Crippen molar-refractivity contribution in [2.75, 3.05) is 0 Å². The van der Waals surface area contributed by atoms with Gasteiger partial charge in [-0.2, -0.15) is 0 Å². The molecule has 0 aromatic carbocycles. The minimum absolute atomic E-state index is 0.716. The van der Waals surface area contributed by atoms with E-state index in [0.29, 0.717) is 5.41 Å². The Morgan fingerprint density at radius 3 is 1.43 bits per heavy atom. The normalized spacial score (nSPS) is 44.1. The summed E-state index contributed by atoms with van der Waals surface area (Å²) in [5, 5.41) is 0. The highest BCUT2D eigenvalue weighted by Gasteiger charge is 2.54. The van der Waals surface area contributed by atoms with Gasteiger partial charge in [-0.15, -0.1) is 0 Å². The van der Waals surface area contributed by atoms with Crippen molar-refractivity contribution < 1.29 is 0 Å². The Balaban J connectivity index is 1.61. The fourth-order valence-corrected chi connectivity index (χ4v) is 8.47. The van der Waals surface area contributed by atoms with E-state index in [1.54, 1.807) is 51.4 Å². The highest BCUT2D eigenvalue weighted by molar-refractivity contribution is 5.04. The largest absolute Gasteiger partial charge is 0.0648 e. The SMILES string of the molecule is CCC(CC)(C1CCC2CCCCC21)[C@H]1CCC2CCCCC21. The van der Waals surface area contributed by atoms with Crippen LogP contribution in [-0.4, -0.2) is 0 Å². The van der Waals surface area contributed by atoms with Crippen LogP contribution in [-0.2, 0) is 0 Å². The third-order valence-corrected chi connectivity index (χ3v) is 9.46. The Hall–Kier alpha value is 0. The van der Waals surface area contributed by atoms with Gasteiger partial charge in [0.2, 0.25) is 0 Å². The van der Waals surface area contributed by atoms with Crippen LogP contribution < -0.4 is 0 Å². The molecule has 0 spiro atoms. The molecule has 4 rings (SSSR count). The van der Waals surface area contributed by atoms with E-state index in [-0.39, 0.29) is 0 Å². The van der Waals surface area contributed by atoms with Gasteiger partial charge in [0, 0.05) is 0 Å². The highest BCUT2D eigenvalue weighted by atomic mass is 14.6. The fourth-order valence-electron chi connectivity index (χ4n) is 8.47. The summed E-state index contributed by atoms with van der Waals surface area (Å²) in [5.74, 6) is 6.66. The number of fused-ring (bicyclic) bond motifs is 2. The van der Waals surface area contributed by atoms with Crippen LogP contribution in [0.3, 0.4) is 0 Å². The third-order valence-electron chi connectivity index (χ3n) is 9.46. The molecule has 4 fully saturated rings. The number of hydrogen-bond acceptors (Lipinski definition) is 0. The minimum Gasteiger partial charge on any atom is -0.0648 e. The molecule has 4 aliphatic carbocycles. The maximum absolute atomic E-state index is 2.57. The first-order chi connectivity index (χ1) is 11.3. The van der Waals surface area contributed by atoms with Crippen molar-refractivity contribution in [1.82, 2.24) is 0 Å². The lowest BCUT2D eigenvalue weighted by Gasteiger charge is -2.50. The second kappa shape index (κ2) is 6.72. The molecule has 4 saturated carbocycles. The predicted molar refractivity (Wildman–Crippen MR) is 99.4 cm³/mol. The summed E-state index contributed by atoms with van der Waals surface area (Å²) in [6.07, 6.45) is 21.7. The van der Waals surface area contributed by atoms with E-state index >= 15 is 0 Å². The van der Waals surface area contributed by atoms with Crippen molar-refractivity contribution in [3.63, 3.8) is 0 Å². The molecule has 0 aromatic heterocycles. The van der Waals surface area contributed by atoms with Crippen LogP contribution in [0.25, 0.3) is 0 Å². The van der Waals surface area contributed by atoms with Gasteiger partial charge >= 0.3 is 0 Å². The molecule has 0 N–H and O–H groups in total. The Bertz CT molecular complexity index is 359.